The number of nitrogens with two attached hydrogens (primary N) is 1. The minimum atomic E-state index is -0.542. The van der Waals surface area contributed by atoms with Gasteiger partial charge in [-0.2, -0.15) is 0 Å². The average Bonchev–Trinajstić information content (AvgIpc) is 2.28. The summed E-state index contributed by atoms with van der Waals surface area (Å²) in [6.45, 7) is 7.63. The van der Waals surface area contributed by atoms with Crippen molar-refractivity contribution in [1.82, 2.24) is 4.90 Å². The fourth-order valence-electron chi connectivity index (χ4n) is 2.20. The lowest BCUT2D eigenvalue weighted by Crippen LogP contribution is -2.57. The van der Waals surface area contributed by atoms with E-state index in [2.05, 4.69) is 0 Å². The molecule has 6 nitrogen and oxygen atoms in total. The van der Waals surface area contributed by atoms with E-state index >= 15 is 0 Å². The van der Waals surface area contributed by atoms with Crippen LogP contribution in [-0.4, -0.2) is 48.3 Å². The molecule has 1 amide bonds. The van der Waals surface area contributed by atoms with Crippen LogP contribution >= 0.6 is 0 Å². The van der Waals surface area contributed by atoms with Gasteiger partial charge in [-0.1, -0.05) is 0 Å². The Morgan fingerprint density at radius 2 is 1.89 bits per heavy atom. The van der Waals surface area contributed by atoms with E-state index < -0.39 is 17.7 Å². The molecule has 0 bridgehead atoms. The summed E-state index contributed by atoms with van der Waals surface area (Å²) in [6.07, 6.45) is 0.103. The third-order valence-corrected chi connectivity index (χ3v) is 3.18. The molecule has 0 spiro atoms. The van der Waals surface area contributed by atoms with Crippen LogP contribution in [0.4, 0.5) is 4.79 Å². The van der Waals surface area contributed by atoms with E-state index in [0.29, 0.717) is 13.0 Å². The Labute approximate surface area is 114 Å². The van der Waals surface area contributed by atoms with Crippen LogP contribution in [0.5, 0.6) is 0 Å². The van der Waals surface area contributed by atoms with E-state index in [-0.39, 0.29) is 17.9 Å². The summed E-state index contributed by atoms with van der Waals surface area (Å²) in [5, 5.41) is 0. The van der Waals surface area contributed by atoms with Gasteiger partial charge in [0.1, 0.15) is 5.60 Å². The van der Waals surface area contributed by atoms with Crippen LogP contribution in [-0.2, 0) is 14.3 Å². The molecule has 0 aromatic carbocycles. The fourth-order valence-corrected chi connectivity index (χ4v) is 2.20. The van der Waals surface area contributed by atoms with E-state index in [4.69, 9.17) is 15.2 Å². The number of rotatable bonds is 1. The van der Waals surface area contributed by atoms with Gasteiger partial charge in [-0.15, -0.1) is 0 Å². The van der Waals surface area contributed by atoms with E-state index in [1.54, 1.807) is 4.90 Å². The SMILES string of the molecule is COC(=O)C1CC(C)N(C(=O)OC(C)(C)C)CC1N. The highest BCUT2D eigenvalue weighted by molar-refractivity contribution is 5.74. The second-order valence-electron chi connectivity index (χ2n) is 6.01. The molecule has 1 saturated heterocycles. The normalized spacial score (nSPS) is 27.9. The highest BCUT2D eigenvalue weighted by Gasteiger charge is 2.39. The molecule has 6 heteroatoms. The standard InChI is InChI=1S/C13H24N2O4/c1-8-6-9(11(16)18-5)10(14)7-15(8)12(17)19-13(2,3)4/h8-10H,6-7,14H2,1-5H3. The molecule has 0 radical (unpaired) electrons. The number of hydrogen-bond acceptors (Lipinski definition) is 5. The van der Waals surface area contributed by atoms with Crippen molar-refractivity contribution in [1.29, 1.82) is 0 Å². The number of likely N-dealkylation sites (tertiary alicyclic amines) is 1. The maximum Gasteiger partial charge on any atom is 0.410 e. The molecule has 0 saturated carbocycles. The van der Waals surface area contributed by atoms with Gasteiger partial charge in [-0.3, -0.25) is 4.79 Å². The van der Waals surface area contributed by atoms with E-state index in [1.165, 1.54) is 7.11 Å². The van der Waals surface area contributed by atoms with Crippen LogP contribution in [0.1, 0.15) is 34.1 Å². The zero-order valence-corrected chi connectivity index (χ0v) is 12.3. The molecule has 0 aromatic rings. The topological polar surface area (TPSA) is 81.9 Å². The van der Waals surface area contributed by atoms with Gasteiger partial charge < -0.3 is 20.1 Å². The average molecular weight is 272 g/mol. The number of ether oxygens (including phenoxy) is 2. The van der Waals surface area contributed by atoms with Gasteiger partial charge in [0.15, 0.2) is 0 Å². The van der Waals surface area contributed by atoms with Crippen LogP contribution in [0, 0.1) is 5.92 Å². The quantitative estimate of drug-likeness (QED) is 0.724. The minimum absolute atomic E-state index is 0.0984. The van der Waals surface area contributed by atoms with E-state index in [0.717, 1.165) is 0 Å². The van der Waals surface area contributed by atoms with Crippen molar-refractivity contribution in [2.24, 2.45) is 11.7 Å². The Hall–Kier alpha value is -1.30. The number of methoxy groups -OCH3 is 1. The van der Waals surface area contributed by atoms with Crippen LogP contribution in [0.25, 0.3) is 0 Å². The number of hydrogen-bond donors (Lipinski definition) is 1. The predicted molar refractivity (Wildman–Crippen MR) is 70.5 cm³/mol. The van der Waals surface area contributed by atoms with E-state index in [1.807, 2.05) is 27.7 Å². The molecule has 0 aromatic heterocycles. The molecule has 3 unspecified atom stereocenters. The molecule has 0 aliphatic carbocycles. The van der Waals surface area contributed by atoms with Crippen molar-refractivity contribution in [3.05, 3.63) is 0 Å². The van der Waals surface area contributed by atoms with Gasteiger partial charge in [0, 0.05) is 18.6 Å². The Bertz CT molecular complexity index is 351. The summed E-state index contributed by atoms with van der Waals surface area (Å²) in [5.41, 5.74) is 5.42. The van der Waals surface area contributed by atoms with Gasteiger partial charge in [-0.25, -0.2) is 4.79 Å². The summed E-state index contributed by atoms with van der Waals surface area (Å²) in [5.74, 6) is -0.679. The number of carbonyl (C=O) groups excluding carboxylic acids is 2. The summed E-state index contributed by atoms with van der Waals surface area (Å²) < 4.78 is 10.1. The van der Waals surface area contributed by atoms with Crippen LogP contribution in [0.15, 0.2) is 0 Å². The Morgan fingerprint density at radius 3 is 2.37 bits per heavy atom. The second-order valence-corrected chi connectivity index (χ2v) is 6.01. The van der Waals surface area contributed by atoms with Crippen molar-refractivity contribution in [3.63, 3.8) is 0 Å². The smallest absolute Gasteiger partial charge is 0.410 e. The third kappa shape index (κ3) is 4.09. The highest BCUT2D eigenvalue weighted by Crippen LogP contribution is 2.25. The van der Waals surface area contributed by atoms with Crippen molar-refractivity contribution in [3.8, 4) is 0 Å². The van der Waals surface area contributed by atoms with Crippen LogP contribution in [0.3, 0.4) is 0 Å². The Kier molecular flexibility index (Phi) is 4.79. The first-order valence-electron chi connectivity index (χ1n) is 6.48. The molecule has 1 heterocycles. The lowest BCUT2D eigenvalue weighted by atomic mass is 9.88. The van der Waals surface area contributed by atoms with Crippen molar-refractivity contribution in [2.75, 3.05) is 13.7 Å². The first-order valence-corrected chi connectivity index (χ1v) is 6.48. The fraction of sp³-hybridized carbons (Fsp3) is 0.846. The number of piperidine rings is 1. The molecule has 1 aliphatic rings. The predicted octanol–water partition coefficient (Wildman–Crippen LogP) is 1.13. The zero-order valence-electron chi connectivity index (χ0n) is 12.3. The number of carbonyl (C=O) groups is 2. The number of amides is 1. The molecular weight excluding hydrogens is 248 g/mol. The van der Waals surface area contributed by atoms with Crippen molar-refractivity contribution >= 4 is 12.1 Å². The largest absolute Gasteiger partial charge is 0.469 e. The maximum atomic E-state index is 12.0. The first-order chi connectivity index (χ1) is 8.65. The minimum Gasteiger partial charge on any atom is -0.469 e. The maximum absolute atomic E-state index is 12.0. The Balaban J connectivity index is 2.70. The van der Waals surface area contributed by atoms with Gasteiger partial charge in [0.05, 0.1) is 13.0 Å². The molecule has 2 N–H and O–H groups in total. The van der Waals surface area contributed by atoms with Crippen LogP contribution < -0.4 is 5.73 Å². The molecule has 19 heavy (non-hydrogen) atoms. The molecule has 1 aliphatic heterocycles. The second kappa shape index (κ2) is 5.77. The van der Waals surface area contributed by atoms with E-state index in [9.17, 15) is 9.59 Å². The molecule has 1 fully saturated rings. The Morgan fingerprint density at radius 1 is 1.32 bits per heavy atom. The van der Waals surface area contributed by atoms with Gasteiger partial charge in [0.25, 0.3) is 0 Å². The number of esters is 1. The summed E-state index contributed by atoms with van der Waals surface area (Å²) in [4.78, 5) is 25.2. The first kappa shape index (κ1) is 15.8. The molecular formula is C13H24N2O4. The molecule has 110 valence electrons. The number of nitrogens with zero attached hydrogens (tertiary/aromatic N) is 1. The van der Waals surface area contributed by atoms with Crippen molar-refractivity contribution in [2.45, 2.75) is 51.8 Å². The van der Waals surface area contributed by atoms with Gasteiger partial charge >= 0.3 is 12.1 Å². The monoisotopic (exact) mass is 272 g/mol. The van der Waals surface area contributed by atoms with Crippen molar-refractivity contribution < 1.29 is 19.1 Å². The molecule has 1 rings (SSSR count). The third-order valence-electron chi connectivity index (χ3n) is 3.18. The highest BCUT2D eigenvalue weighted by atomic mass is 16.6. The lowest BCUT2D eigenvalue weighted by Gasteiger charge is -2.40. The summed E-state index contributed by atoms with van der Waals surface area (Å²) in [6, 6.07) is -0.519. The van der Waals surface area contributed by atoms with Gasteiger partial charge in [0.2, 0.25) is 0 Å². The summed E-state index contributed by atoms with van der Waals surface area (Å²) >= 11 is 0. The zero-order chi connectivity index (χ0) is 14.8. The summed E-state index contributed by atoms with van der Waals surface area (Å²) in [7, 11) is 1.35. The lowest BCUT2D eigenvalue weighted by molar-refractivity contribution is -0.148. The van der Waals surface area contributed by atoms with Crippen LogP contribution in [0.2, 0.25) is 0 Å². The molecule has 3 atom stereocenters. The van der Waals surface area contributed by atoms with Gasteiger partial charge in [-0.05, 0) is 34.1 Å².